The normalized spacial score (nSPS) is 14.7. The molecular weight excluding hydrogens is 364 g/mol. The fourth-order valence-electron chi connectivity index (χ4n) is 4.29. The van der Waals surface area contributed by atoms with Crippen molar-refractivity contribution in [3.8, 4) is 11.1 Å². The second-order valence-electron chi connectivity index (χ2n) is 7.64. The van der Waals surface area contributed by atoms with Crippen LogP contribution in [0.15, 0.2) is 42.5 Å². The van der Waals surface area contributed by atoms with Crippen LogP contribution in [0.2, 0.25) is 0 Å². The van der Waals surface area contributed by atoms with Crippen molar-refractivity contribution in [1.29, 1.82) is 0 Å². The lowest BCUT2D eigenvalue weighted by molar-refractivity contribution is 0.0954. The predicted molar refractivity (Wildman–Crippen MR) is 109 cm³/mol. The van der Waals surface area contributed by atoms with Gasteiger partial charge < -0.3 is 9.88 Å². The van der Waals surface area contributed by atoms with Gasteiger partial charge in [-0.05, 0) is 36.1 Å². The van der Waals surface area contributed by atoms with E-state index in [1.807, 2.05) is 30.3 Å². The summed E-state index contributed by atoms with van der Waals surface area (Å²) in [5.41, 5.74) is 3.64. The lowest BCUT2D eigenvalue weighted by Gasteiger charge is -2.09. The Hall–Kier alpha value is -3.28. The summed E-state index contributed by atoms with van der Waals surface area (Å²) < 4.78 is 2.20. The van der Waals surface area contributed by atoms with E-state index < -0.39 is 0 Å². The van der Waals surface area contributed by atoms with Crippen LogP contribution in [0.3, 0.4) is 0 Å². The van der Waals surface area contributed by atoms with Crippen molar-refractivity contribution in [3.05, 3.63) is 70.8 Å². The highest BCUT2D eigenvalue weighted by Crippen LogP contribution is 2.36. The molecular formula is C23H22N4O2. The van der Waals surface area contributed by atoms with Crippen molar-refractivity contribution in [2.75, 3.05) is 6.54 Å². The van der Waals surface area contributed by atoms with E-state index in [2.05, 4.69) is 20.1 Å². The van der Waals surface area contributed by atoms with E-state index in [-0.39, 0.29) is 11.7 Å². The maximum Gasteiger partial charge on any atom is 0.251 e. The number of amides is 1. The zero-order valence-electron chi connectivity index (χ0n) is 16.1. The number of ketones is 1. The zero-order chi connectivity index (χ0) is 19.8. The monoisotopic (exact) mass is 386 g/mol. The third kappa shape index (κ3) is 3.14. The number of nitrogens with zero attached hydrogens (tertiary/aromatic N) is 3. The van der Waals surface area contributed by atoms with Crippen LogP contribution in [-0.2, 0) is 19.4 Å². The Kier molecular flexibility index (Phi) is 4.46. The van der Waals surface area contributed by atoms with Gasteiger partial charge >= 0.3 is 0 Å². The number of carbonyl (C=O) groups excluding carboxylic acids is 2. The largest absolute Gasteiger partial charge is 0.352 e. The molecule has 1 N–H and O–H groups in total. The van der Waals surface area contributed by atoms with E-state index in [0.29, 0.717) is 29.7 Å². The third-order valence-corrected chi connectivity index (χ3v) is 5.81. The Morgan fingerprint density at radius 3 is 2.69 bits per heavy atom. The fraction of sp³-hybridized carbons (Fsp3) is 0.304. The number of fused-ring (bicyclic) bond motifs is 4. The second-order valence-corrected chi connectivity index (χ2v) is 7.64. The number of hydrogen-bond donors (Lipinski definition) is 1. The van der Waals surface area contributed by atoms with Gasteiger partial charge in [-0.25, -0.2) is 0 Å². The Labute approximate surface area is 169 Å². The fourth-order valence-corrected chi connectivity index (χ4v) is 4.29. The van der Waals surface area contributed by atoms with Crippen LogP contribution in [-0.4, -0.2) is 33.0 Å². The molecule has 5 rings (SSSR count). The lowest BCUT2D eigenvalue weighted by Crippen LogP contribution is -2.26. The molecule has 2 heterocycles. The van der Waals surface area contributed by atoms with Gasteiger partial charge in [-0.15, -0.1) is 10.2 Å². The van der Waals surface area contributed by atoms with Crippen LogP contribution in [0.4, 0.5) is 0 Å². The summed E-state index contributed by atoms with van der Waals surface area (Å²) in [6, 6.07) is 12.9. The van der Waals surface area contributed by atoms with Gasteiger partial charge in [0.05, 0.1) is 0 Å². The first-order valence-corrected chi connectivity index (χ1v) is 10.2. The molecule has 6 heteroatoms. The Morgan fingerprint density at radius 1 is 0.966 bits per heavy atom. The summed E-state index contributed by atoms with van der Waals surface area (Å²) >= 11 is 0. The maximum atomic E-state index is 12.6. The van der Waals surface area contributed by atoms with Crippen molar-refractivity contribution in [2.45, 2.75) is 38.6 Å². The molecule has 0 unspecified atom stereocenters. The first kappa shape index (κ1) is 17.8. The van der Waals surface area contributed by atoms with Crippen LogP contribution >= 0.6 is 0 Å². The van der Waals surface area contributed by atoms with E-state index in [0.717, 1.165) is 48.6 Å². The number of nitrogens with one attached hydrogen (secondary N) is 1. The Bertz CT molecular complexity index is 1120. The Morgan fingerprint density at radius 2 is 1.79 bits per heavy atom. The molecule has 2 aliphatic rings. The minimum atomic E-state index is -0.174. The first-order chi connectivity index (χ1) is 14.2. The van der Waals surface area contributed by atoms with Crippen LogP contribution in [0.5, 0.6) is 0 Å². The zero-order valence-corrected chi connectivity index (χ0v) is 16.1. The molecule has 0 radical (unpaired) electrons. The van der Waals surface area contributed by atoms with Gasteiger partial charge in [0.1, 0.15) is 11.6 Å². The molecule has 3 aromatic rings. The average Bonchev–Trinajstić information content (AvgIpc) is 3.15. The minimum absolute atomic E-state index is 0.0172. The summed E-state index contributed by atoms with van der Waals surface area (Å²) in [5, 5.41) is 11.6. The standard InChI is InChI=1S/C23H22N4O2/c28-22-18-7-4-3-6-16(18)17-10-9-15(14-19(17)22)23(29)24-12-11-21-26-25-20-8-2-1-5-13-27(20)21/h3-4,6-7,9-10,14H,1-2,5,8,11-13H2,(H,24,29). The molecule has 1 amide bonds. The molecule has 1 aromatic heterocycles. The molecule has 0 fully saturated rings. The number of hydrogen-bond acceptors (Lipinski definition) is 4. The number of rotatable bonds is 4. The van der Waals surface area contributed by atoms with Crippen molar-refractivity contribution in [1.82, 2.24) is 20.1 Å². The molecule has 146 valence electrons. The van der Waals surface area contributed by atoms with Gasteiger partial charge in [-0.2, -0.15) is 0 Å². The molecule has 1 aliphatic carbocycles. The summed E-state index contributed by atoms with van der Waals surface area (Å²) in [6.07, 6.45) is 5.16. The van der Waals surface area contributed by atoms with Crippen LogP contribution in [0.25, 0.3) is 11.1 Å². The van der Waals surface area contributed by atoms with Gasteiger partial charge in [-0.1, -0.05) is 36.8 Å². The molecule has 1 aliphatic heterocycles. The highest BCUT2D eigenvalue weighted by molar-refractivity contribution is 6.22. The molecule has 29 heavy (non-hydrogen) atoms. The number of aryl methyl sites for hydroxylation is 1. The van der Waals surface area contributed by atoms with E-state index in [1.54, 1.807) is 12.1 Å². The Balaban J connectivity index is 1.27. The van der Waals surface area contributed by atoms with Gasteiger partial charge in [0.15, 0.2) is 5.78 Å². The van der Waals surface area contributed by atoms with Crippen LogP contribution in [0.1, 0.15) is 57.2 Å². The maximum absolute atomic E-state index is 12.6. The lowest BCUT2D eigenvalue weighted by atomic mass is 10.0. The molecule has 0 saturated heterocycles. The SMILES string of the molecule is O=C(NCCc1nnc2n1CCCCC2)c1ccc2c(c1)C(=O)c1ccccc1-2. The van der Waals surface area contributed by atoms with Crippen molar-refractivity contribution in [2.24, 2.45) is 0 Å². The average molecular weight is 386 g/mol. The van der Waals surface area contributed by atoms with Crippen LogP contribution < -0.4 is 5.32 Å². The van der Waals surface area contributed by atoms with Gasteiger partial charge in [0.2, 0.25) is 0 Å². The van der Waals surface area contributed by atoms with Crippen molar-refractivity contribution in [3.63, 3.8) is 0 Å². The molecule has 6 nitrogen and oxygen atoms in total. The number of carbonyl (C=O) groups is 2. The van der Waals surface area contributed by atoms with Crippen LogP contribution in [0, 0.1) is 0 Å². The first-order valence-electron chi connectivity index (χ1n) is 10.2. The molecule has 0 spiro atoms. The summed E-state index contributed by atoms with van der Waals surface area (Å²) in [4.78, 5) is 25.3. The second kappa shape index (κ2) is 7.28. The van der Waals surface area contributed by atoms with Gasteiger partial charge in [0.25, 0.3) is 5.91 Å². The van der Waals surface area contributed by atoms with Gasteiger partial charge in [-0.3, -0.25) is 9.59 Å². The van der Waals surface area contributed by atoms with E-state index in [4.69, 9.17) is 0 Å². The van der Waals surface area contributed by atoms with E-state index in [1.165, 1.54) is 6.42 Å². The minimum Gasteiger partial charge on any atom is -0.352 e. The van der Waals surface area contributed by atoms with Crippen molar-refractivity contribution >= 4 is 11.7 Å². The smallest absolute Gasteiger partial charge is 0.251 e. The summed E-state index contributed by atoms with van der Waals surface area (Å²) in [6.45, 7) is 1.45. The molecule has 0 saturated carbocycles. The number of benzene rings is 2. The third-order valence-electron chi connectivity index (χ3n) is 5.81. The number of aromatic nitrogens is 3. The van der Waals surface area contributed by atoms with E-state index >= 15 is 0 Å². The quantitative estimate of drug-likeness (QED) is 0.584. The molecule has 2 aromatic carbocycles. The molecule has 0 bridgehead atoms. The molecule has 0 atom stereocenters. The van der Waals surface area contributed by atoms with E-state index in [9.17, 15) is 9.59 Å². The summed E-state index contributed by atoms with van der Waals surface area (Å²) in [5.74, 6) is 1.80. The topological polar surface area (TPSA) is 76.9 Å². The van der Waals surface area contributed by atoms with Gasteiger partial charge in [0, 0.05) is 42.6 Å². The highest BCUT2D eigenvalue weighted by atomic mass is 16.1. The predicted octanol–water partition coefficient (Wildman–Crippen LogP) is 3.19. The highest BCUT2D eigenvalue weighted by Gasteiger charge is 2.27. The van der Waals surface area contributed by atoms with Crippen molar-refractivity contribution < 1.29 is 9.59 Å². The summed E-state index contributed by atoms with van der Waals surface area (Å²) in [7, 11) is 0.